The molecule has 0 bridgehead atoms. The van der Waals surface area contributed by atoms with Crippen molar-refractivity contribution in [2.45, 2.75) is 33.2 Å². The van der Waals surface area contributed by atoms with Crippen LogP contribution in [0.2, 0.25) is 5.02 Å². The molecule has 34 heavy (non-hydrogen) atoms. The van der Waals surface area contributed by atoms with E-state index < -0.39 is 17.4 Å². The molecule has 0 fully saturated rings. The van der Waals surface area contributed by atoms with Gasteiger partial charge in [0, 0.05) is 5.56 Å². The summed E-state index contributed by atoms with van der Waals surface area (Å²) in [6.45, 7) is 5.07. The van der Waals surface area contributed by atoms with Crippen molar-refractivity contribution >= 4 is 34.1 Å². The van der Waals surface area contributed by atoms with E-state index >= 15 is 0 Å². The minimum absolute atomic E-state index is 0.0353. The number of nitrogens with one attached hydrogen (secondary N) is 1. The number of nitrogens with zero attached hydrogens (tertiary/aromatic N) is 6. The fourth-order valence-electron chi connectivity index (χ4n) is 3.71. The Morgan fingerprint density at radius 3 is 2.74 bits per heavy atom. The van der Waals surface area contributed by atoms with E-state index in [4.69, 9.17) is 22.3 Å². The fourth-order valence-corrected chi connectivity index (χ4v) is 3.96. The Balaban J connectivity index is 2.02. The SMILES string of the molecule is CC[C@H](Nc1nc(C)nc(N)c1C#N)c1nc2cccc(Cl)c2c(=O)n1-c1cncc(F)c1C. The zero-order valence-electron chi connectivity index (χ0n) is 18.6. The quantitative estimate of drug-likeness (QED) is 0.439. The third-order valence-electron chi connectivity index (χ3n) is 5.43. The van der Waals surface area contributed by atoms with Crippen molar-refractivity contribution in [3.63, 3.8) is 0 Å². The van der Waals surface area contributed by atoms with Crippen LogP contribution < -0.4 is 16.6 Å². The first kappa shape index (κ1) is 23.1. The van der Waals surface area contributed by atoms with E-state index in [0.29, 0.717) is 17.8 Å². The zero-order chi connectivity index (χ0) is 24.6. The van der Waals surface area contributed by atoms with Gasteiger partial charge in [0.25, 0.3) is 5.56 Å². The molecule has 0 spiro atoms. The van der Waals surface area contributed by atoms with Crippen molar-refractivity contribution in [2.75, 3.05) is 11.1 Å². The molecule has 0 unspecified atom stereocenters. The van der Waals surface area contributed by atoms with Crippen LogP contribution in [-0.2, 0) is 0 Å². The number of nitrogen functional groups attached to an aromatic ring is 1. The van der Waals surface area contributed by atoms with Gasteiger partial charge in [0.15, 0.2) is 5.82 Å². The number of nitriles is 1. The van der Waals surface area contributed by atoms with E-state index in [1.165, 1.54) is 10.8 Å². The van der Waals surface area contributed by atoms with Crippen LogP contribution in [0.4, 0.5) is 16.0 Å². The largest absolute Gasteiger partial charge is 0.382 e. The summed E-state index contributed by atoms with van der Waals surface area (Å²) < 4.78 is 15.7. The second-order valence-corrected chi connectivity index (χ2v) is 8.01. The Morgan fingerprint density at radius 1 is 1.26 bits per heavy atom. The number of hydrogen-bond acceptors (Lipinski definition) is 8. The highest BCUT2D eigenvalue weighted by molar-refractivity contribution is 6.35. The van der Waals surface area contributed by atoms with Gasteiger partial charge in [-0.1, -0.05) is 24.6 Å². The molecule has 4 rings (SSSR count). The van der Waals surface area contributed by atoms with Crippen LogP contribution in [0.15, 0.2) is 35.4 Å². The molecule has 3 heterocycles. The number of aromatic nitrogens is 5. The maximum atomic E-state index is 14.4. The van der Waals surface area contributed by atoms with Crippen LogP contribution in [0.5, 0.6) is 0 Å². The van der Waals surface area contributed by atoms with Gasteiger partial charge in [-0.2, -0.15) is 5.26 Å². The number of nitrogens with two attached hydrogens (primary N) is 1. The van der Waals surface area contributed by atoms with Crippen LogP contribution in [0.1, 0.15) is 42.2 Å². The fraction of sp³-hybridized carbons (Fsp3) is 0.217. The summed E-state index contributed by atoms with van der Waals surface area (Å²) >= 11 is 6.34. The van der Waals surface area contributed by atoms with Crippen molar-refractivity contribution in [1.29, 1.82) is 5.26 Å². The number of anilines is 2. The summed E-state index contributed by atoms with van der Waals surface area (Å²) in [5.41, 5.74) is 6.35. The molecule has 0 saturated carbocycles. The van der Waals surface area contributed by atoms with Crippen molar-refractivity contribution in [3.8, 4) is 11.8 Å². The second-order valence-electron chi connectivity index (χ2n) is 7.61. The smallest absolute Gasteiger partial charge is 0.267 e. The normalized spacial score (nSPS) is 11.9. The number of pyridine rings is 1. The molecule has 172 valence electrons. The van der Waals surface area contributed by atoms with Crippen LogP contribution in [0.25, 0.3) is 16.6 Å². The molecular formula is C23H20ClFN8O. The third-order valence-corrected chi connectivity index (χ3v) is 5.75. The zero-order valence-corrected chi connectivity index (χ0v) is 19.4. The molecule has 0 radical (unpaired) electrons. The van der Waals surface area contributed by atoms with Gasteiger partial charge in [-0.3, -0.25) is 14.3 Å². The van der Waals surface area contributed by atoms with Gasteiger partial charge in [-0.15, -0.1) is 0 Å². The van der Waals surface area contributed by atoms with E-state index in [9.17, 15) is 14.4 Å². The molecular weight excluding hydrogens is 459 g/mol. The van der Waals surface area contributed by atoms with Crippen LogP contribution >= 0.6 is 11.6 Å². The first-order valence-electron chi connectivity index (χ1n) is 10.4. The second kappa shape index (κ2) is 9.03. The maximum Gasteiger partial charge on any atom is 0.267 e. The Kier molecular flexibility index (Phi) is 6.13. The van der Waals surface area contributed by atoms with Crippen LogP contribution in [0, 0.1) is 31.0 Å². The Hall–Kier alpha value is -4.10. The number of halogens is 2. The van der Waals surface area contributed by atoms with Gasteiger partial charge in [0.05, 0.1) is 40.0 Å². The first-order chi connectivity index (χ1) is 16.3. The van der Waals surface area contributed by atoms with Gasteiger partial charge < -0.3 is 11.1 Å². The van der Waals surface area contributed by atoms with Gasteiger partial charge in [-0.25, -0.2) is 19.3 Å². The average Bonchev–Trinajstić information content (AvgIpc) is 2.79. The molecule has 0 saturated heterocycles. The maximum absolute atomic E-state index is 14.4. The van der Waals surface area contributed by atoms with E-state index in [1.807, 2.05) is 13.0 Å². The van der Waals surface area contributed by atoms with Crippen LogP contribution in [-0.4, -0.2) is 24.5 Å². The molecule has 3 N–H and O–H groups in total. The van der Waals surface area contributed by atoms with E-state index in [0.717, 1.165) is 6.20 Å². The average molecular weight is 479 g/mol. The standard InChI is InChI=1S/C23H20ClFN8O/c1-4-16(31-21-13(8-26)20(27)29-12(3)30-21)22-32-17-7-5-6-14(24)19(17)23(34)33(22)18-10-28-9-15(25)11(18)2/h5-7,9-10,16H,4H2,1-3H3,(H3,27,29,30,31)/t16-/m0/s1. The Bertz CT molecular complexity index is 1530. The van der Waals surface area contributed by atoms with E-state index in [1.54, 1.807) is 32.0 Å². The van der Waals surface area contributed by atoms with E-state index in [-0.39, 0.29) is 44.7 Å². The Labute approximate surface area is 199 Å². The van der Waals surface area contributed by atoms with Crippen molar-refractivity contribution in [2.24, 2.45) is 0 Å². The number of fused-ring (bicyclic) bond motifs is 1. The van der Waals surface area contributed by atoms with Gasteiger partial charge in [-0.05, 0) is 32.4 Å². The summed E-state index contributed by atoms with van der Waals surface area (Å²) in [7, 11) is 0. The van der Waals surface area contributed by atoms with Crippen molar-refractivity contribution < 1.29 is 4.39 Å². The lowest BCUT2D eigenvalue weighted by molar-refractivity contribution is 0.604. The molecule has 4 aromatic rings. The van der Waals surface area contributed by atoms with Crippen LogP contribution in [0.3, 0.4) is 0 Å². The minimum atomic E-state index is -0.612. The molecule has 1 atom stereocenters. The van der Waals surface area contributed by atoms with Gasteiger partial charge in [0.1, 0.15) is 34.9 Å². The summed E-state index contributed by atoms with van der Waals surface area (Å²) in [6, 6.07) is 6.35. The lowest BCUT2D eigenvalue weighted by atomic mass is 10.1. The first-order valence-corrected chi connectivity index (χ1v) is 10.8. The molecule has 0 aliphatic rings. The lowest BCUT2D eigenvalue weighted by Gasteiger charge is -2.23. The van der Waals surface area contributed by atoms with Gasteiger partial charge >= 0.3 is 0 Å². The summed E-state index contributed by atoms with van der Waals surface area (Å²) in [6.07, 6.45) is 2.91. The predicted molar refractivity (Wildman–Crippen MR) is 127 cm³/mol. The molecule has 0 amide bonds. The minimum Gasteiger partial charge on any atom is -0.382 e. The highest BCUT2D eigenvalue weighted by Crippen LogP contribution is 2.29. The summed E-state index contributed by atoms with van der Waals surface area (Å²) in [5, 5.41) is 13.2. The number of aryl methyl sites for hydroxylation is 1. The third kappa shape index (κ3) is 3.91. The van der Waals surface area contributed by atoms with Crippen molar-refractivity contribution in [3.05, 3.63) is 74.6 Å². The number of hydrogen-bond donors (Lipinski definition) is 2. The summed E-state index contributed by atoms with van der Waals surface area (Å²) in [4.78, 5) is 30.7. The molecule has 0 aliphatic heterocycles. The molecule has 0 aliphatic carbocycles. The Morgan fingerprint density at radius 2 is 2.03 bits per heavy atom. The molecule has 1 aromatic carbocycles. The molecule has 3 aromatic heterocycles. The molecule has 11 heteroatoms. The highest BCUT2D eigenvalue weighted by atomic mass is 35.5. The number of benzene rings is 1. The van der Waals surface area contributed by atoms with Crippen molar-refractivity contribution in [1.82, 2.24) is 24.5 Å². The highest BCUT2D eigenvalue weighted by Gasteiger charge is 2.24. The molecule has 9 nitrogen and oxygen atoms in total. The van der Waals surface area contributed by atoms with E-state index in [2.05, 4.69) is 20.3 Å². The number of rotatable bonds is 5. The monoisotopic (exact) mass is 478 g/mol. The predicted octanol–water partition coefficient (Wildman–Crippen LogP) is 4.00. The van der Waals surface area contributed by atoms with Gasteiger partial charge in [0.2, 0.25) is 0 Å². The summed E-state index contributed by atoms with van der Waals surface area (Å²) in [5.74, 6) is 0.321. The topological polar surface area (TPSA) is 135 Å². The lowest BCUT2D eigenvalue weighted by Crippen LogP contribution is -2.29.